The van der Waals surface area contributed by atoms with E-state index in [0.29, 0.717) is 25.4 Å². The molecule has 0 rings (SSSR count). The Morgan fingerprint density at radius 3 is 0.884 bits per heavy atom. The molecule has 0 aromatic rings. The van der Waals surface area contributed by atoms with Gasteiger partial charge in [0.2, 0.25) is 0 Å². The Balaban J connectivity index is -0.000000727. The van der Waals surface area contributed by atoms with Gasteiger partial charge in [-0.05, 0) is 25.0 Å². The molecule has 0 heterocycles. The maximum atomic E-state index is 11.0. The number of hydrogen-bond donors (Lipinski definition) is 0. The van der Waals surface area contributed by atoms with Crippen molar-refractivity contribution < 1.29 is 38.9 Å². The summed E-state index contributed by atoms with van der Waals surface area (Å²) in [6.07, 6.45) is 30.4. The van der Waals surface area contributed by atoms with Gasteiger partial charge in [0.05, 0.1) is 25.2 Å². The first-order chi connectivity index (χ1) is 20.3. The Kier molecular flexibility index (Phi) is 41.4. The van der Waals surface area contributed by atoms with E-state index in [-0.39, 0.29) is 37.7 Å². The molecule has 9 heteroatoms. The molecule has 0 amide bonds. The van der Waals surface area contributed by atoms with E-state index in [1.54, 1.807) is 0 Å². The van der Waals surface area contributed by atoms with Crippen LogP contribution in [0.25, 0.3) is 0 Å². The first-order valence-corrected chi connectivity index (χ1v) is 16.4. The standard InChI is InChI=1S/2C17H30O4.Ca/c2*1-2-3-4-5-6-7-8-9-10-11-12-15-21-17(20)14-13-16(18)19;/h2*13-14H,2-12,15H2,1H3,(H,18,19);/q;;+2/p-2. The van der Waals surface area contributed by atoms with Crippen molar-refractivity contribution in [3.05, 3.63) is 24.3 Å². The van der Waals surface area contributed by atoms with Crippen molar-refractivity contribution in [1.29, 1.82) is 0 Å². The van der Waals surface area contributed by atoms with Crippen molar-refractivity contribution in [2.24, 2.45) is 0 Å². The molecule has 0 aromatic heterocycles. The van der Waals surface area contributed by atoms with E-state index in [0.717, 1.165) is 37.8 Å². The van der Waals surface area contributed by atoms with E-state index in [2.05, 4.69) is 13.8 Å². The first-order valence-electron chi connectivity index (χ1n) is 16.4. The molecule has 0 saturated heterocycles. The number of carbonyl (C=O) groups is 4. The molecule has 0 spiro atoms. The van der Waals surface area contributed by atoms with Gasteiger partial charge in [0.25, 0.3) is 0 Å². The number of hydrogen-bond acceptors (Lipinski definition) is 8. The number of rotatable bonds is 28. The third kappa shape index (κ3) is 45.2. The summed E-state index contributed by atoms with van der Waals surface area (Å²) in [6.45, 7) is 5.17. The van der Waals surface area contributed by atoms with Crippen LogP contribution in [-0.2, 0) is 28.7 Å². The predicted molar refractivity (Wildman–Crippen MR) is 169 cm³/mol. The fraction of sp³-hybridized carbons (Fsp3) is 0.765. The fourth-order valence-corrected chi connectivity index (χ4v) is 4.25. The van der Waals surface area contributed by atoms with Gasteiger partial charge in [-0.2, -0.15) is 0 Å². The van der Waals surface area contributed by atoms with E-state index in [9.17, 15) is 29.4 Å². The van der Waals surface area contributed by atoms with Crippen LogP contribution in [0.3, 0.4) is 0 Å². The normalized spacial score (nSPS) is 10.7. The van der Waals surface area contributed by atoms with E-state index in [1.807, 2.05) is 0 Å². The Bertz CT molecular complexity index is 661. The van der Waals surface area contributed by atoms with E-state index < -0.39 is 23.9 Å². The molecule has 0 aliphatic heterocycles. The van der Waals surface area contributed by atoms with Crippen molar-refractivity contribution in [2.75, 3.05) is 13.2 Å². The molecular formula is C34H58CaO8. The maximum Gasteiger partial charge on any atom is 2.00 e. The number of carboxylic acid groups (broad SMARTS) is 2. The molecular weight excluding hydrogens is 576 g/mol. The summed E-state index contributed by atoms with van der Waals surface area (Å²) in [6, 6.07) is 0. The SMILES string of the molecule is CCCCCCCCCCCCCOC(=O)C=CC(=O)[O-].CCCCCCCCCCCCCOC(=O)C=CC(=O)[O-].[Ca+2]. The van der Waals surface area contributed by atoms with Crippen LogP contribution in [0.2, 0.25) is 0 Å². The number of ether oxygens (including phenoxy) is 2. The van der Waals surface area contributed by atoms with Crippen molar-refractivity contribution in [2.45, 2.75) is 155 Å². The van der Waals surface area contributed by atoms with Crippen molar-refractivity contribution in [3.8, 4) is 0 Å². The van der Waals surface area contributed by atoms with E-state index in [1.165, 1.54) is 116 Å². The van der Waals surface area contributed by atoms with Crippen molar-refractivity contribution in [3.63, 3.8) is 0 Å². The second-order valence-corrected chi connectivity index (χ2v) is 10.7. The summed E-state index contributed by atoms with van der Waals surface area (Å²) in [7, 11) is 0. The molecule has 0 bridgehead atoms. The van der Waals surface area contributed by atoms with Crippen LogP contribution >= 0.6 is 0 Å². The zero-order valence-electron chi connectivity index (χ0n) is 27.3. The molecule has 0 unspecified atom stereocenters. The monoisotopic (exact) mass is 634 g/mol. The molecule has 244 valence electrons. The predicted octanol–water partition coefficient (Wildman–Crippen LogP) is 5.91. The molecule has 0 aliphatic rings. The molecule has 0 fully saturated rings. The van der Waals surface area contributed by atoms with Gasteiger partial charge in [-0.1, -0.05) is 142 Å². The average molecular weight is 635 g/mol. The third-order valence-electron chi connectivity index (χ3n) is 6.70. The van der Waals surface area contributed by atoms with E-state index >= 15 is 0 Å². The quantitative estimate of drug-likeness (QED) is 0.0449. The van der Waals surface area contributed by atoms with Gasteiger partial charge >= 0.3 is 49.7 Å². The minimum atomic E-state index is -1.39. The second-order valence-electron chi connectivity index (χ2n) is 10.7. The molecule has 0 radical (unpaired) electrons. The van der Waals surface area contributed by atoms with Crippen LogP contribution in [0.4, 0.5) is 0 Å². The second kappa shape index (κ2) is 38.6. The minimum absolute atomic E-state index is 0. The van der Waals surface area contributed by atoms with Gasteiger partial charge in [-0.25, -0.2) is 9.59 Å². The topological polar surface area (TPSA) is 133 Å². The third-order valence-corrected chi connectivity index (χ3v) is 6.70. The van der Waals surface area contributed by atoms with Crippen molar-refractivity contribution >= 4 is 61.6 Å². The number of aliphatic carboxylic acids is 2. The largest absolute Gasteiger partial charge is 2.00 e. The molecule has 0 aliphatic carbocycles. The molecule has 8 nitrogen and oxygen atoms in total. The van der Waals surface area contributed by atoms with Gasteiger partial charge < -0.3 is 29.3 Å². The van der Waals surface area contributed by atoms with Crippen LogP contribution in [0.15, 0.2) is 24.3 Å². The summed E-state index contributed by atoms with van der Waals surface area (Å²) in [4.78, 5) is 42.2. The Labute approximate surface area is 291 Å². The van der Waals surface area contributed by atoms with Crippen molar-refractivity contribution in [1.82, 2.24) is 0 Å². The smallest absolute Gasteiger partial charge is 0.545 e. The first kappa shape index (κ1) is 46.0. The van der Waals surface area contributed by atoms with Crippen LogP contribution in [-0.4, -0.2) is 74.8 Å². The Hall–Kier alpha value is -1.38. The number of carboxylic acids is 2. The number of unbranched alkanes of at least 4 members (excludes halogenated alkanes) is 20. The zero-order chi connectivity index (χ0) is 31.5. The molecule has 0 atom stereocenters. The Morgan fingerprint density at radius 2 is 0.651 bits per heavy atom. The molecule has 0 saturated carbocycles. The summed E-state index contributed by atoms with van der Waals surface area (Å²) in [5, 5.41) is 20.1. The van der Waals surface area contributed by atoms with Gasteiger partial charge in [0, 0.05) is 12.2 Å². The van der Waals surface area contributed by atoms with Crippen LogP contribution in [0.5, 0.6) is 0 Å². The summed E-state index contributed by atoms with van der Waals surface area (Å²) < 4.78 is 9.72. The van der Waals surface area contributed by atoms with Crippen LogP contribution in [0, 0.1) is 0 Å². The maximum absolute atomic E-state index is 11.0. The fourth-order valence-electron chi connectivity index (χ4n) is 4.25. The Morgan fingerprint density at radius 1 is 0.419 bits per heavy atom. The van der Waals surface area contributed by atoms with Gasteiger partial charge in [-0.3, -0.25) is 0 Å². The summed E-state index contributed by atoms with van der Waals surface area (Å²) in [5.74, 6) is -4.01. The molecule has 43 heavy (non-hydrogen) atoms. The van der Waals surface area contributed by atoms with Crippen LogP contribution in [0.1, 0.15) is 155 Å². The molecule has 0 N–H and O–H groups in total. The summed E-state index contributed by atoms with van der Waals surface area (Å²) >= 11 is 0. The molecule has 0 aromatic carbocycles. The zero-order valence-corrected chi connectivity index (χ0v) is 29.5. The van der Waals surface area contributed by atoms with E-state index in [4.69, 9.17) is 9.47 Å². The summed E-state index contributed by atoms with van der Waals surface area (Å²) in [5.41, 5.74) is 0. The van der Waals surface area contributed by atoms with Gasteiger partial charge in [-0.15, -0.1) is 0 Å². The van der Waals surface area contributed by atoms with Gasteiger partial charge in [0.15, 0.2) is 0 Å². The average Bonchev–Trinajstić information content (AvgIpc) is 2.96. The number of esters is 2. The number of carbonyl (C=O) groups excluding carboxylic acids is 4. The minimum Gasteiger partial charge on any atom is -0.545 e. The van der Waals surface area contributed by atoms with Crippen LogP contribution < -0.4 is 10.2 Å². The van der Waals surface area contributed by atoms with Gasteiger partial charge in [0.1, 0.15) is 0 Å².